The lowest BCUT2D eigenvalue weighted by atomic mass is 10.1. The number of nitrogens with two attached hydrogens (primary N) is 1. The number of rotatable bonds is 12. The van der Waals surface area contributed by atoms with Crippen molar-refractivity contribution in [1.82, 2.24) is 19.9 Å². The second-order valence-corrected chi connectivity index (χ2v) is 9.96. The summed E-state index contributed by atoms with van der Waals surface area (Å²) in [6.45, 7) is 5.17. The maximum atomic E-state index is 9.64. The number of methoxy groups -OCH3 is 1. The fourth-order valence-electron chi connectivity index (χ4n) is 5.39. The molecule has 9 heteroatoms. The van der Waals surface area contributed by atoms with E-state index < -0.39 is 0 Å². The molecule has 0 spiro atoms. The van der Waals surface area contributed by atoms with E-state index in [0.717, 1.165) is 72.3 Å². The molecule has 1 aliphatic heterocycles. The normalized spacial score (nSPS) is 16.3. The molecule has 202 valence electrons. The molecule has 0 radical (unpaired) electrons. The SMILES string of the molecule is CCC[C@@H](CCO)Nc1nc(N)nc2c3ccccc3n(Cc3cc(CN[C@H]4CCOC4)ccc3OC)c12. The largest absolute Gasteiger partial charge is 0.496 e. The minimum Gasteiger partial charge on any atom is -0.496 e. The lowest BCUT2D eigenvalue weighted by Gasteiger charge is -2.20. The monoisotopic (exact) mass is 518 g/mol. The van der Waals surface area contributed by atoms with E-state index in [1.165, 1.54) is 5.56 Å². The summed E-state index contributed by atoms with van der Waals surface area (Å²) in [5, 5.41) is 17.8. The number of hydrogen-bond donors (Lipinski definition) is 4. The van der Waals surface area contributed by atoms with E-state index in [-0.39, 0.29) is 18.6 Å². The van der Waals surface area contributed by atoms with Gasteiger partial charge < -0.3 is 35.5 Å². The average molecular weight is 519 g/mol. The molecule has 2 atom stereocenters. The number of nitrogens with one attached hydrogen (secondary N) is 2. The molecule has 1 aliphatic rings. The molecule has 5 N–H and O–H groups in total. The van der Waals surface area contributed by atoms with Gasteiger partial charge in [-0.3, -0.25) is 0 Å². The van der Waals surface area contributed by atoms with Gasteiger partial charge in [0.05, 0.1) is 25.8 Å². The van der Waals surface area contributed by atoms with Crippen LogP contribution in [-0.4, -0.2) is 58.7 Å². The van der Waals surface area contributed by atoms with Crippen molar-refractivity contribution in [1.29, 1.82) is 0 Å². The van der Waals surface area contributed by atoms with Gasteiger partial charge in [0.25, 0.3) is 0 Å². The summed E-state index contributed by atoms with van der Waals surface area (Å²) in [5.74, 6) is 1.75. The van der Waals surface area contributed by atoms with Gasteiger partial charge in [-0.1, -0.05) is 37.6 Å². The van der Waals surface area contributed by atoms with Crippen LogP contribution in [0.25, 0.3) is 21.9 Å². The Kier molecular flexibility index (Phi) is 8.26. The van der Waals surface area contributed by atoms with Gasteiger partial charge in [-0.2, -0.15) is 4.98 Å². The summed E-state index contributed by atoms with van der Waals surface area (Å²) in [4.78, 5) is 9.30. The van der Waals surface area contributed by atoms with Crippen molar-refractivity contribution in [2.24, 2.45) is 0 Å². The number of para-hydroxylation sites is 1. The summed E-state index contributed by atoms with van der Waals surface area (Å²) in [6.07, 6.45) is 3.59. The topological polar surface area (TPSA) is 119 Å². The molecule has 0 amide bonds. The van der Waals surface area contributed by atoms with Crippen LogP contribution in [0.2, 0.25) is 0 Å². The van der Waals surface area contributed by atoms with Crippen LogP contribution >= 0.6 is 0 Å². The third-order valence-electron chi connectivity index (χ3n) is 7.27. The Balaban J connectivity index is 1.58. The van der Waals surface area contributed by atoms with Gasteiger partial charge in [-0.05, 0) is 43.0 Å². The molecule has 0 bridgehead atoms. The molecule has 0 aliphatic carbocycles. The predicted molar refractivity (Wildman–Crippen MR) is 152 cm³/mol. The number of nitrogen functional groups attached to an aromatic ring is 1. The lowest BCUT2D eigenvalue weighted by molar-refractivity contribution is 0.190. The average Bonchev–Trinajstić information content (AvgIpc) is 3.55. The number of anilines is 2. The van der Waals surface area contributed by atoms with Crippen molar-refractivity contribution in [2.45, 2.75) is 57.8 Å². The third kappa shape index (κ3) is 5.55. The Morgan fingerprint density at radius 3 is 2.84 bits per heavy atom. The predicted octanol–water partition coefficient (Wildman–Crippen LogP) is 4.07. The number of benzene rings is 2. The van der Waals surface area contributed by atoms with Gasteiger partial charge in [0.1, 0.15) is 16.8 Å². The molecule has 5 rings (SSSR count). The first-order valence-corrected chi connectivity index (χ1v) is 13.5. The fraction of sp³-hybridized carbons (Fsp3) is 0.448. The first-order chi connectivity index (χ1) is 18.6. The molecular weight excluding hydrogens is 480 g/mol. The number of aromatic nitrogens is 3. The number of ether oxygens (including phenoxy) is 2. The van der Waals surface area contributed by atoms with Crippen molar-refractivity contribution in [3.63, 3.8) is 0 Å². The van der Waals surface area contributed by atoms with Crippen molar-refractivity contribution < 1.29 is 14.6 Å². The van der Waals surface area contributed by atoms with E-state index in [2.05, 4.69) is 56.4 Å². The van der Waals surface area contributed by atoms with Crippen molar-refractivity contribution >= 4 is 33.7 Å². The molecule has 3 heterocycles. The molecular formula is C29H38N6O3. The minimum atomic E-state index is 0.0810. The maximum absolute atomic E-state index is 9.64. The van der Waals surface area contributed by atoms with Crippen molar-refractivity contribution in [3.8, 4) is 5.75 Å². The Bertz CT molecular complexity index is 1380. The smallest absolute Gasteiger partial charge is 0.222 e. The fourth-order valence-corrected chi connectivity index (χ4v) is 5.39. The number of hydrogen-bond acceptors (Lipinski definition) is 8. The Labute approximate surface area is 223 Å². The molecule has 38 heavy (non-hydrogen) atoms. The Hall–Kier alpha value is -3.40. The van der Waals surface area contributed by atoms with Crippen LogP contribution in [0.5, 0.6) is 5.75 Å². The van der Waals surface area contributed by atoms with Gasteiger partial charge in [0, 0.05) is 42.8 Å². The molecule has 2 aromatic carbocycles. The van der Waals surface area contributed by atoms with Crippen LogP contribution in [0.15, 0.2) is 42.5 Å². The van der Waals surface area contributed by atoms with E-state index >= 15 is 0 Å². The zero-order chi connectivity index (χ0) is 26.5. The summed E-state index contributed by atoms with van der Waals surface area (Å²) >= 11 is 0. The zero-order valence-corrected chi connectivity index (χ0v) is 22.2. The lowest BCUT2D eigenvalue weighted by Crippen LogP contribution is -2.28. The van der Waals surface area contributed by atoms with Gasteiger partial charge >= 0.3 is 0 Å². The highest BCUT2D eigenvalue weighted by Crippen LogP contribution is 2.34. The summed E-state index contributed by atoms with van der Waals surface area (Å²) in [7, 11) is 1.71. The number of aliphatic hydroxyl groups excluding tert-OH is 1. The second-order valence-electron chi connectivity index (χ2n) is 9.96. The van der Waals surface area contributed by atoms with Gasteiger partial charge in [0.15, 0.2) is 5.82 Å². The Morgan fingerprint density at radius 2 is 2.08 bits per heavy atom. The van der Waals surface area contributed by atoms with Gasteiger partial charge in [-0.15, -0.1) is 0 Å². The highest BCUT2D eigenvalue weighted by molar-refractivity contribution is 6.09. The number of nitrogens with zero attached hydrogens (tertiary/aromatic N) is 3. The van der Waals surface area contributed by atoms with Crippen LogP contribution in [0.3, 0.4) is 0 Å². The van der Waals surface area contributed by atoms with Crippen LogP contribution in [0.4, 0.5) is 11.8 Å². The van der Waals surface area contributed by atoms with E-state index in [1.54, 1.807) is 7.11 Å². The summed E-state index contributed by atoms with van der Waals surface area (Å²) in [6, 6.07) is 15.1. The molecule has 2 aromatic heterocycles. The number of aliphatic hydroxyl groups is 1. The first kappa shape index (κ1) is 26.2. The second kappa shape index (κ2) is 12.0. The van der Waals surface area contributed by atoms with Gasteiger partial charge in [-0.25, -0.2) is 4.98 Å². The minimum absolute atomic E-state index is 0.0810. The molecule has 4 aromatic rings. The molecule has 0 unspecified atom stereocenters. The van der Waals surface area contributed by atoms with E-state index in [0.29, 0.717) is 24.8 Å². The number of fused-ring (bicyclic) bond motifs is 3. The highest BCUT2D eigenvalue weighted by atomic mass is 16.5. The van der Waals surface area contributed by atoms with Crippen LogP contribution in [0, 0.1) is 0 Å². The first-order valence-electron chi connectivity index (χ1n) is 13.5. The highest BCUT2D eigenvalue weighted by Gasteiger charge is 2.21. The van der Waals surface area contributed by atoms with E-state index in [1.807, 2.05) is 18.2 Å². The third-order valence-corrected chi connectivity index (χ3v) is 7.27. The van der Waals surface area contributed by atoms with Crippen molar-refractivity contribution in [3.05, 3.63) is 53.6 Å². The molecule has 9 nitrogen and oxygen atoms in total. The van der Waals surface area contributed by atoms with Crippen LogP contribution in [-0.2, 0) is 17.8 Å². The van der Waals surface area contributed by atoms with E-state index in [4.69, 9.17) is 15.2 Å². The molecule has 1 saturated heterocycles. The maximum Gasteiger partial charge on any atom is 0.222 e. The van der Waals surface area contributed by atoms with Crippen LogP contribution in [0.1, 0.15) is 43.7 Å². The zero-order valence-electron chi connectivity index (χ0n) is 22.2. The van der Waals surface area contributed by atoms with Crippen LogP contribution < -0.4 is 21.1 Å². The standard InChI is InChI=1S/C29H38N6O3/c1-3-6-21(11-13-36)32-28-27-26(33-29(30)34-28)23-7-4-5-8-24(23)35(27)17-20-15-19(9-10-25(20)37-2)16-31-22-12-14-38-18-22/h4-5,7-10,15,21-22,31,36H,3,6,11-14,16-18H2,1-2H3,(H3,30,32,33,34)/t21-,22-/m0/s1. The molecule has 0 saturated carbocycles. The van der Waals surface area contributed by atoms with E-state index in [9.17, 15) is 5.11 Å². The summed E-state index contributed by atoms with van der Waals surface area (Å²) < 4.78 is 13.5. The summed E-state index contributed by atoms with van der Waals surface area (Å²) in [5.41, 5.74) is 11.2. The molecule has 1 fully saturated rings. The Morgan fingerprint density at radius 1 is 1.21 bits per heavy atom. The quantitative estimate of drug-likeness (QED) is 0.222. The van der Waals surface area contributed by atoms with Gasteiger partial charge in [0.2, 0.25) is 5.95 Å². The van der Waals surface area contributed by atoms with Crippen molar-refractivity contribution in [2.75, 3.05) is 38.0 Å².